The Morgan fingerprint density at radius 1 is 1.35 bits per heavy atom. The zero-order valence-corrected chi connectivity index (χ0v) is 14.3. The van der Waals surface area contributed by atoms with Crippen molar-refractivity contribution in [2.45, 2.75) is 19.4 Å². The first-order valence-corrected chi connectivity index (χ1v) is 7.91. The smallest absolute Gasteiger partial charge is 0.273 e. The number of hydrogen-bond acceptors (Lipinski definition) is 4. The van der Waals surface area contributed by atoms with Crippen molar-refractivity contribution >= 4 is 22.3 Å². The fourth-order valence-corrected chi connectivity index (χ4v) is 2.68. The lowest BCUT2D eigenvalue weighted by Gasteiger charge is -2.22. The van der Waals surface area contributed by atoms with Gasteiger partial charge in [-0.2, -0.15) is 0 Å². The molecule has 2 N–H and O–H groups in total. The number of non-ortho nitro benzene ring substituents is 1. The zero-order chi connectivity index (χ0) is 18.9. The molecule has 1 heterocycles. The second kappa shape index (κ2) is 6.50. The Hall–Kier alpha value is -3.37. The van der Waals surface area contributed by atoms with Crippen LogP contribution in [0, 0.1) is 23.6 Å². The number of nitrogens with one attached hydrogen (secondary N) is 1. The average molecular weight is 351 g/mol. The fraction of sp³-hybridized carbons (Fsp3) is 0.211. The molecule has 0 aliphatic heterocycles. The van der Waals surface area contributed by atoms with Gasteiger partial charge in [-0.25, -0.2) is 4.85 Å². The van der Waals surface area contributed by atoms with Gasteiger partial charge >= 0.3 is 0 Å². The minimum absolute atomic E-state index is 0.0742. The van der Waals surface area contributed by atoms with Gasteiger partial charge in [0.15, 0.2) is 5.69 Å². The van der Waals surface area contributed by atoms with Crippen molar-refractivity contribution in [2.24, 2.45) is 0 Å². The minimum atomic E-state index is -1.34. The Labute approximate surface area is 149 Å². The number of ether oxygens (including phenoxy) is 1. The Kier molecular flexibility index (Phi) is 4.36. The summed E-state index contributed by atoms with van der Waals surface area (Å²) < 4.78 is 5.56. The molecule has 7 nitrogen and oxygen atoms in total. The highest BCUT2D eigenvalue weighted by molar-refractivity contribution is 5.86. The van der Waals surface area contributed by atoms with Gasteiger partial charge in [0.1, 0.15) is 18.0 Å². The number of aromatic amines is 1. The lowest BCUT2D eigenvalue weighted by Crippen LogP contribution is -2.29. The largest absolute Gasteiger partial charge is 0.490 e. The first kappa shape index (κ1) is 17.5. The van der Waals surface area contributed by atoms with Gasteiger partial charge in [0.2, 0.25) is 0 Å². The lowest BCUT2D eigenvalue weighted by atomic mass is 10.0. The Morgan fingerprint density at radius 3 is 2.81 bits per heavy atom. The van der Waals surface area contributed by atoms with Crippen LogP contribution in [-0.4, -0.2) is 21.6 Å². The van der Waals surface area contributed by atoms with E-state index in [4.69, 9.17) is 11.3 Å². The number of aryl methyl sites for hydroxylation is 1. The van der Waals surface area contributed by atoms with Gasteiger partial charge in [0.05, 0.1) is 23.3 Å². The summed E-state index contributed by atoms with van der Waals surface area (Å²) >= 11 is 0. The molecule has 3 rings (SSSR count). The van der Waals surface area contributed by atoms with Gasteiger partial charge in [0, 0.05) is 11.6 Å². The molecule has 7 heteroatoms. The normalized spacial score (nSPS) is 13.2. The second-order valence-corrected chi connectivity index (χ2v) is 6.34. The van der Waals surface area contributed by atoms with E-state index in [-0.39, 0.29) is 12.3 Å². The highest BCUT2D eigenvalue weighted by Gasteiger charge is 2.27. The summed E-state index contributed by atoms with van der Waals surface area (Å²) in [5.74, 6) is 0.307. The Morgan fingerprint density at radius 2 is 2.12 bits per heavy atom. The summed E-state index contributed by atoms with van der Waals surface area (Å²) in [4.78, 5) is 17.0. The molecule has 0 bridgehead atoms. The molecule has 0 aliphatic rings. The maximum Gasteiger partial charge on any atom is 0.273 e. The molecule has 1 aromatic heterocycles. The fourth-order valence-electron chi connectivity index (χ4n) is 2.68. The highest BCUT2D eigenvalue weighted by atomic mass is 16.6. The number of fused-ring (bicyclic) bond motifs is 1. The van der Waals surface area contributed by atoms with Crippen LogP contribution in [0.4, 0.5) is 11.4 Å². The number of aliphatic hydroxyl groups is 1. The maximum absolute atomic E-state index is 10.8. The van der Waals surface area contributed by atoms with Gasteiger partial charge in [-0.1, -0.05) is 6.07 Å². The van der Waals surface area contributed by atoms with Crippen LogP contribution in [0.5, 0.6) is 5.75 Å². The second-order valence-electron chi connectivity index (χ2n) is 6.34. The molecule has 132 valence electrons. The highest BCUT2D eigenvalue weighted by Crippen LogP contribution is 2.30. The van der Waals surface area contributed by atoms with Crippen molar-refractivity contribution < 1.29 is 14.8 Å². The van der Waals surface area contributed by atoms with Crippen LogP contribution in [-0.2, 0) is 5.60 Å². The Balaban J connectivity index is 1.84. The molecule has 0 radical (unpaired) electrons. The summed E-state index contributed by atoms with van der Waals surface area (Å²) in [7, 11) is 0. The van der Waals surface area contributed by atoms with Crippen molar-refractivity contribution in [1.29, 1.82) is 0 Å². The van der Waals surface area contributed by atoms with Crippen molar-refractivity contribution in [3.63, 3.8) is 0 Å². The van der Waals surface area contributed by atoms with Gasteiger partial charge < -0.3 is 14.8 Å². The number of aromatic nitrogens is 1. The van der Waals surface area contributed by atoms with Crippen LogP contribution >= 0.6 is 0 Å². The van der Waals surface area contributed by atoms with Crippen LogP contribution in [0.2, 0.25) is 0 Å². The molecule has 3 aromatic rings. The molecule has 26 heavy (non-hydrogen) atoms. The number of benzene rings is 2. The SMILES string of the molecule is [C-]#[N+]c1cc2cc(C(C)(O)COc3cccc([N+](=O)[O-])c3)[nH]c2cc1C. The van der Waals surface area contributed by atoms with E-state index in [1.807, 2.05) is 13.0 Å². The molecule has 0 aliphatic carbocycles. The molecule has 0 spiro atoms. The van der Waals surface area contributed by atoms with E-state index in [0.717, 1.165) is 16.5 Å². The monoisotopic (exact) mass is 351 g/mol. The van der Waals surface area contributed by atoms with Crippen molar-refractivity contribution in [2.75, 3.05) is 6.61 Å². The number of H-pyrrole nitrogens is 1. The lowest BCUT2D eigenvalue weighted by molar-refractivity contribution is -0.384. The molecule has 0 saturated heterocycles. The Bertz CT molecular complexity index is 1030. The number of nitro groups is 1. The van der Waals surface area contributed by atoms with E-state index in [1.165, 1.54) is 18.2 Å². The number of nitrogens with zero attached hydrogens (tertiary/aromatic N) is 2. The number of hydrogen-bond donors (Lipinski definition) is 2. The zero-order valence-electron chi connectivity index (χ0n) is 14.3. The maximum atomic E-state index is 10.8. The van der Waals surface area contributed by atoms with E-state index in [9.17, 15) is 15.2 Å². The summed E-state index contributed by atoms with van der Waals surface area (Å²) in [5, 5.41) is 22.4. The molecule has 2 aromatic carbocycles. The molecular formula is C19H17N3O4. The first-order valence-electron chi connectivity index (χ1n) is 7.91. The molecule has 0 fully saturated rings. The van der Waals surface area contributed by atoms with E-state index < -0.39 is 10.5 Å². The third-order valence-electron chi connectivity index (χ3n) is 4.19. The van der Waals surface area contributed by atoms with Crippen molar-refractivity contribution in [3.05, 3.63) is 75.3 Å². The van der Waals surface area contributed by atoms with Crippen LogP contribution in [0.3, 0.4) is 0 Å². The van der Waals surface area contributed by atoms with Gasteiger partial charge in [-0.3, -0.25) is 10.1 Å². The van der Waals surface area contributed by atoms with E-state index in [2.05, 4.69) is 9.83 Å². The van der Waals surface area contributed by atoms with Crippen LogP contribution < -0.4 is 4.74 Å². The minimum Gasteiger partial charge on any atom is -0.490 e. The van der Waals surface area contributed by atoms with Gasteiger partial charge in [0.25, 0.3) is 5.69 Å². The molecule has 1 unspecified atom stereocenters. The standard InChI is InChI=1S/C19H17N3O4/c1-12-7-17-13(8-16(12)20-3)9-18(21-17)19(2,23)11-26-15-6-4-5-14(10-15)22(24)25/h4-10,21,23H,11H2,1-2H3. The van der Waals surface area contributed by atoms with Crippen molar-refractivity contribution in [3.8, 4) is 5.75 Å². The van der Waals surface area contributed by atoms with E-state index in [0.29, 0.717) is 17.1 Å². The third-order valence-corrected chi connectivity index (χ3v) is 4.19. The summed E-state index contributed by atoms with van der Waals surface area (Å²) in [6, 6.07) is 11.2. The van der Waals surface area contributed by atoms with E-state index >= 15 is 0 Å². The number of rotatable bonds is 5. The topological polar surface area (TPSA) is 92.8 Å². The van der Waals surface area contributed by atoms with Gasteiger partial charge in [-0.15, -0.1) is 0 Å². The molecule has 0 amide bonds. The predicted molar refractivity (Wildman–Crippen MR) is 97.5 cm³/mol. The van der Waals surface area contributed by atoms with Crippen molar-refractivity contribution in [1.82, 2.24) is 4.98 Å². The summed E-state index contributed by atoms with van der Waals surface area (Å²) in [6.45, 7) is 10.6. The third kappa shape index (κ3) is 3.36. The number of nitro benzene ring substituents is 1. The van der Waals surface area contributed by atoms with Gasteiger partial charge in [-0.05, 0) is 49.1 Å². The summed E-state index contributed by atoms with van der Waals surface area (Å²) in [5.41, 5.74) is 1.37. The first-order chi connectivity index (χ1) is 12.3. The molecule has 0 saturated carbocycles. The summed E-state index contributed by atoms with van der Waals surface area (Å²) in [6.07, 6.45) is 0. The quantitative estimate of drug-likeness (QED) is 0.409. The van der Waals surface area contributed by atoms with E-state index in [1.54, 1.807) is 25.1 Å². The average Bonchev–Trinajstić information content (AvgIpc) is 3.03. The van der Waals surface area contributed by atoms with Crippen LogP contribution in [0.15, 0.2) is 42.5 Å². The van der Waals surface area contributed by atoms with Crippen LogP contribution in [0.1, 0.15) is 18.2 Å². The molecule has 1 atom stereocenters. The molecular weight excluding hydrogens is 334 g/mol. The predicted octanol–water partition coefficient (Wildman–Crippen LogP) is 4.22. The van der Waals surface area contributed by atoms with Crippen LogP contribution in [0.25, 0.3) is 15.7 Å².